The van der Waals surface area contributed by atoms with Crippen molar-refractivity contribution in [3.63, 3.8) is 0 Å². The Bertz CT molecular complexity index is 312. The molecule has 0 saturated carbocycles. The first-order valence-electron chi connectivity index (χ1n) is 5.77. The van der Waals surface area contributed by atoms with Gasteiger partial charge in [0.05, 0.1) is 12.6 Å². The lowest BCUT2D eigenvalue weighted by Crippen LogP contribution is -2.40. The van der Waals surface area contributed by atoms with E-state index in [9.17, 15) is 0 Å². The fraction of sp³-hybridized carbons (Fsp3) is 0.667. The zero-order valence-corrected chi connectivity index (χ0v) is 11.1. The zero-order chi connectivity index (χ0) is 12.1. The van der Waals surface area contributed by atoms with Crippen molar-refractivity contribution in [1.29, 1.82) is 0 Å². The molecular weight excluding hydrogens is 220 g/mol. The van der Waals surface area contributed by atoms with E-state index in [1.165, 1.54) is 9.75 Å². The van der Waals surface area contributed by atoms with E-state index in [4.69, 9.17) is 10.8 Å². The van der Waals surface area contributed by atoms with Gasteiger partial charge in [-0.05, 0) is 32.5 Å². The Balaban J connectivity index is 2.89. The van der Waals surface area contributed by atoms with Gasteiger partial charge in [0.15, 0.2) is 0 Å². The van der Waals surface area contributed by atoms with E-state index in [1.807, 2.05) is 6.92 Å². The largest absolute Gasteiger partial charge is 0.395 e. The van der Waals surface area contributed by atoms with Crippen LogP contribution in [0.1, 0.15) is 29.6 Å². The average molecular weight is 242 g/mol. The highest BCUT2D eigenvalue weighted by atomic mass is 32.1. The SMILES string of the molecule is CCN(CCO)C(c1ccc(C)s1)C(C)N. The number of hydrogen-bond acceptors (Lipinski definition) is 4. The minimum Gasteiger partial charge on any atom is -0.395 e. The highest BCUT2D eigenvalue weighted by molar-refractivity contribution is 7.12. The fourth-order valence-corrected chi connectivity index (χ4v) is 3.13. The van der Waals surface area contributed by atoms with Gasteiger partial charge in [-0.3, -0.25) is 4.90 Å². The van der Waals surface area contributed by atoms with Gasteiger partial charge in [0.1, 0.15) is 0 Å². The van der Waals surface area contributed by atoms with Gasteiger partial charge in [-0.1, -0.05) is 6.92 Å². The number of thiophene rings is 1. The monoisotopic (exact) mass is 242 g/mol. The van der Waals surface area contributed by atoms with Crippen molar-refractivity contribution in [2.45, 2.75) is 32.9 Å². The Morgan fingerprint density at radius 3 is 2.56 bits per heavy atom. The fourth-order valence-electron chi connectivity index (χ4n) is 2.01. The highest BCUT2D eigenvalue weighted by Crippen LogP contribution is 2.29. The van der Waals surface area contributed by atoms with E-state index < -0.39 is 0 Å². The van der Waals surface area contributed by atoms with E-state index in [1.54, 1.807) is 11.3 Å². The Hall–Kier alpha value is -0.420. The lowest BCUT2D eigenvalue weighted by molar-refractivity contribution is 0.145. The molecule has 3 nitrogen and oxygen atoms in total. The normalized spacial score (nSPS) is 15.4. The van der Waals surface area contributed by atoms with Crippen LogP contribution in [0, 0.1) is 6.92 Å². The van der Waals surface area contributed by atoms with Crippen LogP contribution in [-0.2, 0) is 0 Å². The van der Waals surface area contributed by atoms with Crippen molar-refractivity contribution >= 4 is 11.3 Å². The molecule has 92 valence electrons. The van der Waals surface area contributed by atoms with Crippen LogP contribution in [0.3, 0.4) is 0 Å². The molecule has 1 rings (SSSR count). The summed E-state index contributed by atoms with van der Waals surface area (Å²) in [4.78, 5) is 4.83. The summed E-state index contributed by atoms with van der Waals surface area (Å²) in [6.45, 7) is 8.00. The lowest BCUT2D eigenvalue weighted by atomic mass is 10.1. The average Bonchev–Trinajstić information content (AvgIpc) is 2.63. The van der Waals surface area contributed by atoms with E-state index in [-0.39, 0.29) is 18.7 Å². The predicted molar refractivity (Wildman–Crippen MR) is 69.8 cm³/mol. The maximum absolute atomic E-state index is 9.07. The molecule has 0 aliphatic heterocycles. The number of rotatable bonds is 6. The molecule has 1 aromatic rings. The van der Waals surface area contributed by atoms with Crippen molar-refractivity contribution in [1.82, 2.24) is 4.90 Å². The van der Waals surface area contributed by atoms with E-state index >= 15 is 0 Å². The third-order valence-electron chi connectivity index (χ3n) is 2.74. The molecule has 16 heavy (non-hydrogen) atoms. The molecule has 0 aliphatic rings. The number of aliphatic hydroxyl groups is 1. The van der Waals surface area contributed by atoms with Crippen LogP contribution in [0.25, 0.3) is 0 Å². The highest BCUT2D eigenvalue weighted by Gasteiger charge is 2.23. The molecule has 0 fully saturated rings. The molecule has 2 unspecified atom stereocenters. The molecule has 0 aromatic carbocycles. The molecule has 0 radical (unpaired) electrons. The Labute approximate surface area is 102 Å². The van der Waals surface area contributed by atoms with Crippen LogP contribution >= 0.6 is 11.3 Å². The van der Waals surface area contributed by atoms with E-state index in [2.05, 4.69) is 30.9 Å². The summed E-state index contributed by atoms with van der Waals surface area (Å²) in [6, 6.07) is 4.57. The molecule has 0 spiro atoms. The predicted octanol–water partition coefficient (Wildman–Crippen LogP) is 1.76. The molecule has 1 heterocycles. The van der Waals surface area contributed by atoms with Crippen LogP contribution < -0.4 is 5.73 Å². The number of likely N-dealkylation sites (N-methyl/N-ethyl adjacent to an activating group) is 1. The smallest absolute Gasteiger partial charge is 0.0591 e. The van der Waals surface area contributed by atoms with Crippen LogP contribution in [0.5, 0.6) is 0 Å². The summed E-state index contributed by atoms with van der Waals surface area (Å²) >= 11 is 1.79. The molecule has 0 aliphatic carbocycles. The first-order chi connectivity index (χ1) is 7.60. The topological polar surface area (TPSA) is 49.5 Å². The van der Waals surface area contributed by atoms with Crippen LogP contribution in [-0.4, -0.2) is 35.7 Å². The standard InChI is InChI=1S/C12H22N2OS/c1-4-14(7-8-15)12(10(3)13)11-6-5-9(2)16-11/h5-6,10,12,15H,4,7-8,13H2,1-3H3. The van der Waals surface area contributed by atoms with Crippen molar-refractivity contribution in [3.8, 4) is 0 Å². The van der Waals surface area contributed by atoms with Crippen molar-refractivity contribution in [2.24, 2.45) is 5.73 Å². The van der Waals surface area contributed by atoms with Gasteiger partial charge in [0.25, 0.3) is 0 Å². The Morgan fingerprint density at radius 2 is 2.19 bits per heavy atom. The quantitative estimate of drug-likeness (QED) is 0.799. The Kier molecular flexibility index (Phi) is 5.41. The number of hydrogen-bond donors (Lipinski definition) is 2. The Morgan fingerprint density at radius 1 is 1.50 bits per heavy atom. The van der Waals surface area contributed by atoms with Crippen molar-refractivity contribution in [2.75, 3.05) is 19.7 Å². The second-order valence-corrected chi connectivity index (χ2v) is 5.42. The second kappa shape index (κ2) is 6.35. The van der Waals surface area contributed by atoms with Gasteiger partial charge in [-0.25, -0.2) is 0 Å². The summed E-state index contributed by atoms with van der Waals surface area (Å²) in [6.07, 6.45) is 0. The molecule has 3 N–H and O–H groups in total. The molecule has 2 atom stereocenters. The lowest BCUT2D eigenvalue weighted by Gasteiger charge is -2.32. The van der Waals surface area contributed by atoms with Gasteiger partial charge in [-0.15, -0.1) is 11.3 Å². The number of nitrogens with zero attached hydrogens (tertiary/aromatic N) is 1. The van der Waals surface area contributed by atoms with E-state index in [0.29, 0.717) is 6.54 Å². The maximum Gasteiger partial charge on any atom is 0.0591 e. The van der Waals surface area contributed by atoms with Crippen LogP contribution in [0.4, 0.5) is 0 Å². The van der Waals surface area contributed by atoms with Gasteiger partial charge >= 0.3 is 0 Å². The molecule has 0 amide bonds. The first kappa shape index (κ1) is 13.6. The van der Waals surface area contributed by atoms with Crippen molar-refractivity contribution < 1.29 is 5.11 Å². The summed E-state index contributed by atoms with van der Waals surface area (Å²) in [5.74, 6) is 0. The summed E-state index contributed by atoms with van der Waals surface area (Å²) in [7, 11) is 0. The first-order valence-corrected chi connectivity index (χ1v) is 6.58. The summed E-state index contributed by atoms with van der Waals surface area (Å²) < 4.78 is 0. The zero-order valence-electron chi connectivity index (χ0n) is 10.3. The number of aliphatic hydroxyl groups excluding tert-OH is 1. The third-order valence-corrected chi connectivity index (χ3v) is 3.81. The molecule has 0 bridgehead atoms. The van der Waals surface area contributed by atoms with Crippen LogP contribution in [0.2, 0.25) is 0 Å². The van der Waals surface area contributed by atoms with E-state index in [0.717, 1.165) is 6.54 Å². The van der Waals surface area contributed by atoms with Crippen molar-refractivity contribution in [3.05, 3.63) is 21.9 Å². The number of aryl methyl sites for hydroxylation is 1. The second-order valence-electron chi connectivity index (χ2n) is 4.10. The third kappa shape index (κ3) is 3.28. The minimum absolute atomic E-state index is 0.0737. The summed E-state index contributed by atoms with van der Waals surface area (Å²) in [5.41, 5.74) is 6.07. The summed E-state index contributed by atoms with van der Waals surface area (Å²) in [5, 5.41) is 9.07. The van der Waals surface area contributed by atoms with Crippen LogP contribution in [0.15, 0.2) is 12.1 Å². The maximum atomic E-state index is 9.07. The van der Waals surface area contributed by atoms with Gasteiger partial charge in [-0.2, -0.15) is 0 Å². The number of nitrogens with two attached hydrogens (primary N) is 1. The minimum atomic E-state index is 0.0737. The molecule has 1 aromatic heterocycles. The molecule has 4 heteroatoms. The van der Waals surface area contributed by atoms with Gasteiger partial charge in [0.2, 0.25) is 0 Å². The molecule has 0 saturated heterocycles. The van der Waals surface area contributed by atoms with Gasteiger partial charge in [0, 0.05) is 22.3 Å². The molecular formula is C12H22N2OS. The van der Waals surface area contributed by atoms with Gasteiger partial charge < -0.3 is 10.8 Å².